The zero-order chi connectivity index (χ0) is 20.9. The van der Waals surface area contributed by atoms with E-state index < -0.39 is 0 Å². The predicted octanol–water partition coefficient (Wildman–Crippen LogP) is 5.49. The van der Waals surface area contributed by atoms with E-state index in [1.54, 1.807) is 0 Å². The summed E-state index contributed by atoms with van der Waals surface area (Å²) in [5, 5.41) is 9.04. The van der Waals surface area contributed by atoms with Crippen LogP contribution in [0.4, 0.5) is 0 Å². The molecular formula is C24H37NO4. The van der Waals surface area contributed by atoms with Crippen molar-refractivity contribution in [2.75, 3.05) is 6.61 Å². The van der Waals surface area contributed by atoms with E-state index >= 15 is 0 Å². The Balaban J connectivity index is 1.47. The number of ether oxygens (including phenoxy) is 2. The number of nitrogens with zero attached hydrogens (tertiary/aromatic N) is 1. The fourth-order valence-electron chi connectivity index (χ4n) is 4.78. The van der Waals surface area contributed by atoms with E-state index in [1.807, 2.05) is 0 Å². The zero-order valence-electron chi connectivity index (χ0n) is 17.8. The molecular weight excluding hydrogens is 366 g/mol. The van der Waals surface area contributed by atoms with Gasteiger partial charge < -0.3 is 9.47 Å². The Labute approximate surface area is 175 Å². The van der Waals surface area contributed by atoms with E-state index in [0.717, 1.165) is 82.5 Å². The Bertz CT molecular complexity index is 552. The SMILES string of the molecule is C=CC(=O)OCCCCCCCC(=O)OC1CCC(C2CCC(C#N)CC2)CC1. The normalized spacial score (nSPS) is 26.9. The molecule has 0 spiro atoms. The van der Waals surface area contributed by atoms with Crippen molar-refractivity contribution in [2.24, 2.45) is 17.8 Å². The number of carbonyl (C=O) groups excluding carboxylic acids is 2. The van der Waals surface area contributed by atoms with Gasteiger partial charge in [0.15, 0.2) is 0 Å². The first-order valence-electron chi connectivity index (χ1n) is 11.5. The molecule has 0 unspecified atom stereocenters. The summed E-state index contributed by atoms with van der Waals surface area (Å²) >= 11 is 0. The molecule has 0 heterocycles. The second kappa shape index (κ2) is 13.4. The third-order valence-corrected chi connectivity index (χ3v) is 6.57. The highest BCUT2D eigenvalue weighted by atomic mass is 16.5. The van der Waals surface area contributed by atoms with Gasteiger partial charge in [-0.1, -0.05) is 25.8 Å². The molecule has 29 heavy (non-hydrogen) atoms. The van der Waals surface area contributed by atoms with Crippen LogP contribution in [0.25, 0.3) is 0 Å². The lowest BCUT2D eigenvalue weighted by molar-refractivity contribution is -0.151. The fourth-order valence-corrected chi connectivity index (χ4v) is 4.78. The van der Waals surface area contributed by atoms with Crippen molar-refractivity contribution in [3.63, 3.8) is 0 Å². The minimum Gasteiger partial charge on any atom is -0.463 e. The van der Waals surface area contributed by atoms with Crippen molar-refractivity contribution in [2.45, 2.75) is 96.0 Å². The monoisotopic (exact) mass is 403 g/mol. The maximum Gasteiger partial charge on any atom is 0.330 e. The molecule has 0 aromatic heterocycles. The Hall–Kier alpha value is -1.83. The first-order valence-corrected chi connectivity index (χ1v) is 11.5. The second-order valence-corrected chi connectivity index (χ2v) is 8.66. The van der Waals surface area contributed by atoms with E-state index in [1.165, 1.54) is 18.9 Å². The molecule has 0 saturated heterocycles. The number of carbonyl (C=O) groups is 2. The number of unbranched alkanes of at least 4 members (excludes halogenated alkanes) is 4. The maximum atomic E-state index is 12.1. The summed E-state index contributed by atoms with van der Waals surface area (Å²) in [7, 11) is 0. The van der Waals surface area contributed by atoms with Gasteiger partial charge in [0, 0.05) is 18.4 Å². The molecule has 162 valence electrons. The van der Waals surface area contributed by atoms with Gasteiger partial charge in [-0.2, -0.15) is 5.26 Å². The Morgan fingerprint density at radius 1 is 0.897 bits per heavy atom. The molecule has 0 bridgehead atoms. The summed E-state index contributed by atoms with van der Waals surface area (Å²) in [6.07, 6.45) is 15.4. The van der Waals surface area contributed by atoms with Crippen LogP contribution in [0.2, 0.25) is 0 Å². The molecule has 2 aliphatic rings. The van der Waals surface area contributed by atoms with Gasteiger partial charge in [0.25, 0.3) is 0 Å². The molecule has 0 aromatic rings. The van der Waals surface area contributed by atoms with Crippen LogP contribution in [-0.2, 0) is 19.1 Å². The van der Waals surface area contributed by atoms with Crippen LogP contribution in [-0.4, -0.2) is 24.6 Å². The molecule has 0 atom stereocenters. The van der Waals surface area contributed by atoms with Crippen molar-refractivity contribution in [1.29, 1.82) is 5.26 Å². The van der Waals surface area contributed by atoms with Gasteiger partial charge in [-0.15, -0.1) is 0 Å². The highest BCUT2D eigenvalue weighted by Gasteiger charge is 2.31. The topological polar surface area (TPSA) is 76.4 Å². The fraction of sp³-hybridized carbons (Fsp3) is 0.792. The number of rotatable bonds is 11. The van der Waals surface area contributed by atoms with Crippen LogP contribution >= 0.6 is 0 Å². The van der Waals surface area contributed by atoms with Gasteiger partial charge in [-0.05, 0) is 76.0 Å². The van der Waals surface area contributed by atoms with E-state index in [2.05, 4.69) is 12.6 Å². The van der Waals surface area contributed by atoms with Crippen LogP contribution in [0.3, 0.4) is 0 Å². The van der Waals surface area contributed by atoms with E-state index in [9.17, 15) is 9.59 Å². The molecule has 0 aliphatic heterocycles. The van der Waals surface area contributed by atoms with E-state index in [-0.39, 0.29) is 24.0 Å². The molecule has 2 rings (SSSR count). The summed E-state index contributed by atoms with van der Waals surface area (Å²) in [5.74, 6) is 1.39. The largest absolute Gasteiger partial charge is 0.463 e. The number of hydrogen-bond acceptors (Lipinski definition) is 5. The summed E-state index contributed by atoms with van der Waals surface area (Å²) in [6, 6.07) is 2.42. The van der Waals surface area contributed by atoms with Crippen LogP contribution in [0.5, 0.6) is 0 Å². The molecule has 0 aromatic carbocycles. The maximum absolute atomic E-state index is 12.1. The number of hydrogen-bond donors (Lipinski definition) is 0. The second-order valence-electron chi connectivity index (χ2n) is 8.66. The van der Waals surface area contributed by atoms with Crippen molar-refractivity contribution >= 4 is 11.9 Å². The summed E-state index contributed by atoms with van der Waals surface area (Å²) in [6.45, 7) is 3.80. The van der Waals surface area contributed by atoms with Gasteiger partial charge in [0.05, 0.1) is 12.7 Å². The van der Waals surface area contributed by atoms with Gasteiger partial charge in [0.1, 0.15) is 6.10 Å². The van der Waals surface area contributed by atoms with E-state index in [4.69, 9.17) is 14.7 Å². The molecule has 2 aliphatic carbocycles. The molecule has 2 fully saturated rings. The number of nitriles is 1. The Morgan fingerprint density at radius 3 is 2.10 bits per heavy atom. The first kappa shape index (κ1) is 23.4. The van der Waals surface area contributed by atoms with Crippen molar-refractivity contribution in [3.05, 3.63) is 12.7 Å². The standard InChI is InChI=1S/C24H37NO4/c1-2-23(26)28-17-7-5-3-4-6-8-24(27)29-22-15-13-21(14-16-22)20-11-9-19(18-25)10-12-20/h2,19-22H,1,3-17H2. The average molecular weight is 404 g/mol. The highest BCUT2D eigenvalue weighted by Crippen LogP contribution is 2.40. The first-order chi connectivity index (χ1) is 14.1. The van der Waals surface area contributed by atoms with Crippen molar-refractivity contribution in [1.82, 2.24) is 0 Å². The summed E-state index contributed by atoms with van der Waals surface area (Å²) in [5.41, 5.74) is 0. The quantitative estimate of drug-likeness (QED) is 0.259. The summed E-state index contributed by atoms with van der Waals surface area (Å²) < 4.78 is 10.6. The average Bonchev–Trinajstić information content (AvgIpc) is 2.76. The lowest BCUT2D eigenvalue weighted by Gasteiger charge is -2.36. The summed E-state index contributed by atoms with van der Waals surface area (Å²) in [4.78, 5) is 23.0. The Kier molecular flexibility index (Phi) is 10.8. The van der Waals surface area contributed by atoms with Gasteiger partial charge in [0.2, 0.25) is 0 Å². The van der Waals surface area contributed by atoms with Crippen LogP contribution in [0.15, 0.2) is 12.7 Å². The zero-order valence-corrected chi connectivity index (χ0v) is 17.8. The third-order valence-electron chi connectivity index (χ3n) is 6.57. The number of esters is 2. The van der Waals surface area contributed by atoms with Crippen LogP contribution in [0, 0.1) is 29.1 Å². The molecule has 0 amide bonds. The van der Waals surface area contributed by atoms with E-state index in [0.29, 0.717) is 13.0 Å². The molecule has 0 radical (unpaired) electrons. The Morgan fingerprint density at radius 2 is 1.48 bits per heavy atom. The molecule has 5 heteroatoms. The van der Waals surface area contributed by atoms with Crippen LogP contribution in [0.1, 0.15) is 89.9 Å². The third kappa shape index (κ3) is 9.02. The minimum atomic E-state index is -0.367. The van der Waals surface area contributed by atoms with Crippen molar-refractivity contribution in [3.8, 4) is 6.07 Å². The molecule has 2 saturated carbocycles. The molecule has 0 N–H and O–H groups in total. The minimum absolute atomic E-state index is 0.0529. The van der Waals surface area contributed by atoms with Gasteiger partial charge in [-0.3, -0.25) is 4.79 Å². The van der Waals surface area contributed by atoms with Gasteiger partial charge >= 0.3 is 11.9 Å². The highest BCUT2D eigenvalue weighted by molar-refractivity contribution is 5.81. The predicted molar refractivity (Wildman–Crippen MR) is 112 cm³/mol. The van der Waals surface area contributed by atoms with Gasteiger partial charge in [-0.25, -0.2) is 4.79 Å². The lowest BCUT2D eigenvalue weighted by atomic mass is 9.71. The molecule has 5 nitrogen and oxygen atoms in total. The van der Waals surface area contributed by atoms with Crippen LogP contribution < -0.4 is 0 Å². The lowest BCUT2D eigenvalue weighted by Crippen LogP contribution is -2.29. The smallest absolute Gasteiger partial charge is 0.330 e. The van der Waals surface area contributed by atoms with Crippen molar-refractivity contribution < 1.29 is 19.1 Å².